The Kier molecular flexibility index (Phi) is 3.01. The molecule has 0 amide bonds. The van der Waals surface area contributed by atoms with Crippen molar-refractivity contribution in [1.29, 1.82) is 0 Å². The van der Waals surface area contributed by atoms with Gasteiger partial charge >= 0.3 is 0 Å². The molecule has 3 rings (SSSR count). The summed E-state index contributed by atoms with van der Waals surface area (Å²) in [5.41, 5.74) is 4.98. The highest BCUT2D eigenvalue weighted by atomic mass is 16.3. The van der Waals surface area contributed by atoms with E-state index in [0.717, 1.165) is 24.9 Å². The molecule has 20 heavy (non-hydrogen) atoms. The summed E-state index contributed by atoms with van der Waals surface area (Å²) < 4.78 is 4.16. The van der Waals surface area contributed by atoms with Gasteiger partial charge in [-0.15, -0.1) is 0 Å². The van der Waals surface area contributed by atoms with Crippen LogP contribution >= 0.6 is 0 Å². The first-order chi connectivity index (χ1) is 9.35. The van der Waals surface area contributed by atoms with E-state index in [-0.39, 0.29) is 11.5 Å². The first-order valence-electron chi connectivity index (χ1n) is 7.20. The molecular weight excluding hydrogens is 250 g/mol. The van der Waals surface area contributed by atoms with Crippen LogP contribution in [0.3, 0.4) is 0 Å². The average Bonchev–Trinajstić information content (AvgIpc) is 2.86. The van der Waals surface area contributed by atoms with Crippen LogP contribution in [0.15, 0.2) is 18.5 Å². The minimum Gasteiger partial charge on any atom is -0.388 e. The van der Waals surface area contributed by atoms with Gasteiger partial charge in [0, 0.05) is 35.8 Å². The molecule has 0 fully saturated rings. The molecule has 0 aliphatic heterocycles. The van der Waals surface area contributed by atoms with Crippen molar-refractivity contribution in [2.24, 2.45) is 12.5 Å². The van der Waals surface area contributed by atoms with Gasteiger partial charge in [-0.2, -0.15) is 5.10 Å². The molecule has 0 saturated heterocycles. The Hall–Kier alpha value is -1.55. The third-order valence-corrected chi connectivity index (χ3v) is 4.30. The Balaban J connectivity index is 2.00. The van der Waals surface area contributed by atoms with Crippen molar-refractivity contribution in [2.45, 2.75) is 46.3 Å². The van der Waals surface area contributed by atoms with Crippen molar-refractivity contribution in [2.75, 3.05) is 0 Å². The largest absolute Gasteiger partial charge is 0.388 e. The number of fused-ring (bicyclic) bond motifs is 1. The Morgan fingerprint density at radius 1 is 1.45 bits per heavy atom. The molecule has 108 valence electrons. The maximum absolute atomic E-state index is 10.4. The second-order valence-electron chi connectivity index (χ2n) is 6.86. The summed E-state index contributed by atoms with van der Waals surface area (Å²) in [5.74, 6) is 0. The molecule has 2 aromatic rings. The number of nitrogens with zero attached hydrogens (tertiary/aromatic N) is 3. The maximum Gasteiger partial charge on any atom is 0.0812 e. The number of hydrogen-bond acceptors (Lipinski definition) is 2. The molecule has 1 atom stereocenters. The van der Waals surface area contributed by atoms with E-state index < -0.39 is 0 Å². The third-order valence-electron chi connectivity index (χ3n) is 4.30. The number of aliphatic hydroxyl groups is 1. The van der Waals surface area contributed by atoms with Crippen LogP contribution in [-0.2, 0) is 20.0 Å². The molecule has 1 unspecified atom stereocenters. The predicted molar refractivity (Wildman–Crippen MR) is 78.5 cm³/mol. The zero-order valence-corrected chi connectivity index (χ0v) is 12.7. The summed E-state index contributed by atoms with van der Waals surface area (Å²) in [6, 6.07) is 2.14. The van der Waals surface area contributed by atoms with Crippen LogP contribution in [-0.4, -0.2) is 19.5 Å². The van der Waals surface area contributed by atoms with E-state index in [9.17, 15) is 5.11 Å². The van der Waals surface area contributed by atoms with E-state index in [2.05, 4.69) is 42.7 Å². The summed E-state index contributed by atoms with van der Waals surface area (Å²) in [4.78, 5) is 0. The summed E-state index contributed by atoms with van der Waals surface area (Å²) in [6.07, 6.45) is 5.50. The number of aryl methyl sites for hydroxylation is 2. The smallest absolute Gasteiger partial charge is 0.0812 e. The van der Waals surface area contributed by atoms with Gasteiger partial charge < -0.3 is 9.67 Å². The van der Waals surface area contributed by atoms with Crippen molar-refractivity contribution in [3.05, 3.63) is 41.0 Å². The van der Waals surface area contributed by atoms with Gasteiger partial charge in [0.25, 0.3) is 0 Å². The van der Waals surface area contributed by atoms with Gasteiger partial charge in [0.15, 0.2) is 0 Å². The molecule has 2 aromatic heterocycles. The minimum absolute atomic E-state index is 0.157. The highest BCUT2D eigenvalue weighted by Crippen LogP contribution is 2.42. The van der Waals surface area contributed by atoms with Crippen LogP contribution in [0.4, 0.5) is 0 Å². The highest BCUT2D eigenvalue weighted by molar-refractivity contribution is 5.34. The predicted octanol–water partition coefficient (Wildman–Crippen LogP) is 2.58. The Morgan fingerprint density at radius 2 is 2.20 bits per heavy atom. The minimum atomic E-state index is -0.331. The second kappa shape index (κ2) is 4.48. The first-order valence-corrected chi connectivity index (χ1v) is 7.20. The van der Waals surface area contributed by atoms with Crippen LogP contribution in [0.1, 0.15) is 48.9 Å². The van der Waals surface area contributed by atoms with Crippen LogP contribution < -0.4 is 0 Å². The monoisotopic (exact) mass is 273 g/mol. The molecule has 2 heterocycles. The van der Waals surface area contributed by atoms with E-state index in [1.165, 1.54) is 17.0 Å². The summed E-state index contributed by atoms with van der Waals surface area (Å²) in [5, 5.41) is 14.6. The van der Waals surface area contributed by atoms with Crippen molar-refractivity contribution in [1.82, 2.24) is 14.3 Å². The van der Waals surface area contributed by atoms with Gasteiger partial charge in [0.2, 0.25) is 0 Å². The fourth-order valence-electron chi connectivity index (χ4n) is 3.36. The van der Waals surface area contributed by atoms with Gasteiger partial charge in [-0.05, 0) is 31.2 Å². The molecule has 0 spiro atoms. The van der Waals surface area contributed by atoms with Crippen molar-refractivity contribution in [3.8, 4) is 0 Å². The fourth-order valence-corrected chi connectivity index (χ4v) is 3.36. The van der Waals surface area contributed by atoms with Gasteiger partial charge in [0.1, 0.15) is 0 Å². The highest BCUT2D eigenvalue weighted by Gasteiger charge is 2.34. The van der Waals surface area contributed by atoms with Crippen LogP contribution in [0.25, 0.3) is 0 Å². The third kappa shape index (κ3) is 2.29. The lowest BCUT2D eigenvalue weighted by molar-refractivity contribution is 0.0981. The van der Waals surface area contributed by atoms with Gasteiger partial charge in [-0.25, -0.2) is 0 Å². The quantitative estimate of drug-likeness (QED) is 0.914. The topological polar surface area (TPSA) is 43.0 Å². The second-order valence-corrected chi connectivity index (χ2v) is 6.86. The Bertz CT molecular complexity index is 636. The van der Waals surface area contributed by atoms with Crippen LogP contribution in [0.2, 0.25) is 0 Å². The standard InChI is InChI=1S/C16H23N3O/c1-11-5-13-14(6-16(2,3)7-15(13)20)19(11)10-12-8-17-18(4)9-12/h5,8-9,15,20H,6-7,10H2,1-4H3. The number of aromatic nitrogens is 3. The number of hydrogen-bond donors (Lipinski definition) is 1. The lowest BCUT2D eigenvalue weighted by Crippen LogP contribution is -2.27. The van der Waals surface area contributed by atoms with E-state index in [4.69, 9.17) is 0 Å². The molecule has 4 heteroatoms. The van der Waals surface area contributed by atoms with Gasteiger partial charge in [-0.3, -0.25) is 4.68 Å². The zero-order valence-electron chi connectivity index (χ0n) is 12.7. The number of aliphatic hydroxyl groups excluding tert-OH is 1. The van der Waals surface area contributed by atoms with Crippen LogP contribution in [0.5, 0.6) is 0 Å². The molecule has 0 bridgehead atoms. The number of rotatable bonds is 2. The lowest BCUT2D eigenvalue weighted by Gasteiger charge is -2.34. The van der Waals surface area contributed by atoms with Gasteiger partial charge in [-0.1, -0.05) is 13.8 Å². The molecular formula is C16H23N3O. The lowest BCUT2D eigenvalue weighted by atomic mass is 9.75. The summed E-state index contributed by atoms with van der Waals surface area (Å²) in [6.45, 7) is 7.41. The van der Waals surface area contributed by atoms with Gasteiger partial charge in [0.05, 0.1) is 18.8 Å². The van der Waals surface area contributed by atoms with Crippen molar-refractivity contribution in [3.63, 3.8) is 0 Å². The molecule has 0 radical (unpaired) electrons. The zero-order chi connectivity index (χ0) is 14.5. The summed E-state index contributed by atoms with van der Waals surface area (Å²) in [7, 11) is 1.94. The molecule has 1 N–H and O–H groups in total. The molecule has 0 saturated carbocycles. The molecule has 4 nitrogen and oxygen atoms in total. The fraction of sp³-hybridized carbons (Fsp3) is 0.562. The Labute approximate surface area is 120 Å². The molecule has 1 aliphatic carbocycles. The average molecular weight is 273 g/mol. The molecule has 0 aromatic carbocycles. The summed E-state index contributed by atoms with van der Waals surface area (Å²) >= 11 is 0. The van der Waals surface area contributed by atoms with Crippen LogP contribution in [0, 0.1) is 12.3 Å². The van der Waals surface area contributed by atoms with Crippen molar-refractivity contribution >= 4 is 0 Å². The molecule has 1 aliphatic rings. The van der Waals surface area contributed by atoms with Crippen molar-refractivity contribution < 1.29 is 5.11 Å². The normalized spacial score (nSPS) is 20.9. The SMILES string of the molecule is Cc1cc2c(n1Cc1cnn(C)c1)CC(C)(C)CC2O. The van der Waals surface area contributed by atoms with E-state index in [1.807, 2.05) is 17.9 Å². The van der Waals surface area contributed by atoms with E-state index in [1.54, 1.807) is 0 Å². The Morgan fingerprint density at radius 3 is 2.85 bits per heavy atom. The first kappa shape index (κ1) is 13.4. The maximum atomic E-state index is 10.4. The van der Waals surface area contributed by atoms with E-state index >= 15 is 0 Å². The van der Waals surface area contributed by atoms with E-state index in [0.29, 0.717) is 0 Å².